The minimum absolute atomic E-state index is 0.0586. The van der Waals surface area contributed by atoms with Gasteiger partial charge in [-0.15, -0.1) is 0 Å². The Hall–Kier alpha value is -3.52. The molecule has 34 heavy (non-hydrogen) atoms. The van der Waals surface area contributed by atoms with Gasteiger partial charge >= 0.3 is 0 Å². The molecule has 1 aliphatic heterocycles. The minimum Gasteiger partial charge on any atom is -0.497 e. The SMILES string of the molecule is COc1ccc(S(=O)(=O)N2CCCc3cc(NC(=O)c4ccc(OC(C)C)cc4)ccc32)cc1. The van der Waals surface area contributed by atoms with Crippen molar-refractivity contribution < 1.29 is 22.7 Å². The summed E-state index contributed by atoms with van der Waals surface area (Å²) in [6.45, 7) is 4.29. The van der Waals surface area contributed by atoms with Crippen LogP contribution in [-0.4, -0.2) is 34.1 Å². The molecule has 3 aromatic carbocycles. The number of aryl methyl sites for hydroxylation is 1. The minimum atomic E-state index is -3.71. The molecule has 0 saturated carbocycles. The summed E-state index contributed by atoms with van der Waals surface area (Å²) in [6.07, 6.45) is 1.48. The van der Waals surface area contributed by atoms with E-state index in [-0.39, 0.29) is 16.9 Å². The number of methoxy groups -OCH3 is 1. The van der Waals surface area contributed by atoms with Crippen molar-refractivity contribution in [3.05, 3.63) is 77.9 Å². The molecule has 0 unspecified atom stereocenters. The smallest absolute Gasteiger partial charge is 0.264 e. The Morgan fingerprint density at radius 3 is 2.29 bits per heavy atom. The third-order valence-corrected chi connectivity index (χ3v) is 7.38. The number of carbonyl (C=O) groups is 1. The van der Waals surface area contributed by atoms with Crippen LogP contribution in [0.1, 0.15) is 36.2 Å². The molecule has 7 nitrogen and oxygen atoms in total. The van der Waals surface area contributed by atoms with Crippen molar-refractivity contribution in [3.8, 4) is 11.5 Å². The first-order chi connectivity index (χ1) is 16.3. The number of amides is 1. The second-order valence-corrected chi connectivity index (χ2v) is 10.2. The van der Waals surface area contributed by atoms with Crippen LogP contribution >= 0.6 is 0 Å². The van der Waals surface area contributed by atoms with E-state index in [0.29, 0.717) is 41.4 Å². The number of anilines is 2. The average Bonchev–Trinajstić information content (AvgIpc) is 2.83. The van der Waals surface area contributed by atoms with Crippen molar-refractivity contribution in [2.24, 2.45) is 0 Å². The summed E-state index contributed by atoms with van der Waals surface area (Å²) < 4.78 is 38.8. The predicted octanol–water partition coefficient (Wildman–Crippen LogP) is 4.88. The maximum absolute atomic E-state index is 13.3. The molecule has 1 aliphatic rings. The number of fused-ring (bicyclic) bond motifs is 1. The van der Waals surface area contributed by atoms with Gasteiger partial charge in [-0.1, -0.05) is 0 Å². The zero-order chi connectivity index (χ0) is 24.3. The molecule has 0 spiro atoms. The van der Waals surface area contributed by atoms with Crippen LogP contribution in [-0.2, 0) is 16.4 Å². The van der Waals surface area contributed by atoms with Crippen molar-refractivity contribution in [1.82, 2.24) is 0 Å². The molecule has 1 amide bonds. The third kappa shape index (κ3) is 5.02. The summed E-state index contributed by atoms with van der Waals surface area (Å²) in [5.74, 6) is 1.06. The monoisotopic (exact) mass is 480 g/mol. The Kier molecular flexibility index (Phi) is 6.79. The molecule has 0 aromatic heterocycles. The second-order valence-electron chi connectivity index (χ2n) is 8.34. The van der Waals surface area contributed by atoms with Gasteiger partial charge in [0.2, 0.25) is 0 Å². The van der Waals surface area contributed by atoms with Crippen molar-refractivity contribution in [2.45, 2.75) is 37.7 Å². The maximum atomic E-state index is 13.3. The van der Waals surface area contributed by atoms with E-state index in [1.807, 2.05) is 19.9 Å². The van der Waals surface area contributed by atoms with Crippen LogP contribution in [0.15, 0.2) is 71.6 Å². The number of rotatable bonds is 7. The lowest BCUT2D eigenvalue weighted by Crippen LogP contribution is -2.35. The van der Waals surface area contributed by atoms with E-state index in [4.69, 9.17) is 9.47 Å². The van der Waals surface area contributed by atoms with Gasteiger partial charge in [-0.3, -0.25) is 9.10 Å². The lowest BCUT2D eigenvalue weighted by Gasteiger charge is -2.31. The highest BCUT2D eigenvalue weighted by atomic mass is 32.2. The van der Waals surface area contributed by atoms with Crippen LogP contribution in [0.3, 0.4) is 0 Å². The number of benzene rings is 3. The van der Waals surface area contributed by atoms with E-state index in [1.54, 1.807) is 60.7 Å². The number of nitrogens with one attached hydrogen (secondary N) is 1. The van der Waals surface area contributed by atoms with Crippen molar-refractivity contribution in [3.63, 3.8) is 0 Å². The highest BCUT2D eigenvalue weighted by Gasteiger charge is 2.29. The molecule has 0 bridgehead atoms. The maximum Gasteiger partial charge on any atom is 0.264 e. The first-order valence-corrected chi connectivity index (χ1v) is 12.6. The Labute approximate surface area is 200 Å². The summed E-state index contributed by atoms with van der Waals surface area (Å²) in [5, 5.41) is 2.90. The molecule has 8 heteroatoms. The number of ether oxygens (including phenoxy) is 2. The van der Waals surface area contributed by atoms with Crippen LogP contribution in [0.2, 0.25) is 0 Å². The van der Waals surface area contributed by atoms with Gasteiger partial charge in [-0.2, -0.15) is 0 Å². The molecule has 4 rings (SSSR count). The molecular weight excluding hydrogens is 452 g/mol. The summed E-state index contributed by atoms with van der Waals surface area (Å²) in [7, 11) is -2.17. The largest absolute Gasteiger partial charge is 0.497 e. The van der Waals surface area contributed by atoms with Gasteiger partial charge in [-0.25, -0.2) is 8.42 Å². The van der Waals surface area contributed by atoms with E-state index in [9.17, 15) is 13.2 Å². The van der Waals surface area contributed by atoms with E-state index in [2.05, 4.69) is 5.32 Å². The van der Waals surface area contributed by atoms with Crippen molar-refractivity contribution in [2.75, 3.05) is 23.3 Å². The number of carbonyl (C=O) groups excluding carboxylic acids is 1. The van der Waals surface area contributed by atoms with Crippen LogP contribution in [0, 0.1) is 0 Å². The van der Waals surface area contributed by atoms with Gasteiger partial charge in [0.15, 0.2) is 0 Å². The second kappa shape index (κ2) is 9.77. The van der Waals surface area contributed by atoms with Gasteiger partial charge in [0.1, 0.15) is 11.5 Å². The summed E-state index contributed by atoms with van der Waals surface area (Å²) in [6, 6.07) is 18.7. The van der Waals surface area contributed by atoms with Crippen LogP contribution in [0.5, 0.6) is 11.5 Å². The van der Waals surface area contributed by atoms with Crippen molar-refractivity contribution in [1.29, 1.82) is 0 Å². The Morgan fingerprint density at radius 1 is 0.971 bits per heavy atom. The third-order valence-electron chi connectivity index (χ3n) is 5.55. The summed E-state index contributed by atoms with van der Waals surface area (Å²) >= 11 is 0. The molecule has 1 N–H and O–H groups in total. The van der Waals surface area contributed by atoms with Gasteiger partial charge < -0.3 is 14.8 Å². The summed E-state index contributed by atoms with van der Waals surface area (Å²) in [4.78, 5) is 12.9. The Morgan fingerprint density at radius 2 is 1.65 bits per heavy atom. The zero-order valence-electron chi connectivity index (χ0n) is 19.4. The highest BCUT2D eigenvalue weighted by molar-refractivity contribution is 7.92. The topological polar surface area (TPSA) is 84.9 Å². The Balaban J connectivity index is 1.53. The number of nitrogens with zero attached hydrogens (tertiary/aromatic N) is 1. The van der Waals surface area contributed by atoms with Crippen LogP contribution in [0.25, 0.3) is 0 Å². The first kappa shape index (κ1) is 23.6. The molecule has 1 heterocycles. The van der Waals surface area contributed by atoms with E-state index in [0.717, 1.165) is 12.0 Å². The molecule has 0 fully saturated rings. The van der Waals surface area contributed by atoms with E-state index in [1.165, 1.54) is 11.4 Å². The van der Waals surface area contributed by atoms with Gasteiger partial charge in [0, 0.05) is 17.8 Å². The Bertz CT molecular complexity index is 1270. The zero-order valence-corrected chi connectivity index (χ0v) is 20.3. The standard InChI is InChI=1S/C26H28N2O5S/c1-18(2)33-23-9-6-19(7-10-23)26(29)27-21-8-15-25-20(17-21)5-4-16-28(25)34(30,31)24-13-11-22(32-3)12-14-24/h6-15,17-18H,4-5,16H2,1-3H3,(H,27,29). The van der Waals surface area contributed by atoms with Gasteiger partial charge in [0.05, 0.1) is 23.8 Å². The van der Waals surface area contributed by atoms with E-state index >= 15 is 0 Å². The molecule has 0 aliphatic carbocycles. The first-order valence-electron chi connectivity index (χ1n) is 11.2. The average molecular weight is 481 g/mol. The van der Waals surface area contributed by atoms with Gasteiger partial charge in [-0.05, 0) is 99.0 Å². The predicted molar refractivity (Wildman–Crippen MR) is 132 cm³/mol. The lowest BCUT2D eigenvalue weighted by atomic mass is 10.0. The fourth-order valence-corrected chi connectivity index (χ4v) is 5.47. The number of hydrogen-bond donors (Lipinski definition) is 1. The molecule has 178 valence electrons. The van der Waals surface area contributed by atoms with E-state index < -0.39 is 10.0 Å². The number of hydrogen-bond acceptors (Lipinski definition) is 5. The van der Waals surface area contributed by atoms with Crippen LogP contribution in [0.4, 0.5) is 11.4 Å². The molecule has 3 aromatic rings. The lowest BCUT2D eigenvalue weighted by molar-refractivity contribution is 0.102. The molecule has 0 atom stereocenters. The molecule has 0 radical (unpaired) electrons. The van der Waals surface area contributed by atoms with Crippen molar-refractivity contribution >= 4 is 27.3 Å². The molecular formula is C26H28N2O5S. The number of sulfonamides is 1. The van der Waals surface area contributed by atoms with Crippen LogP contribution < -0.4 is 19.1 Å². The molecule has 0 saturated heterocycles. The quantitative estimate of drug-likeness (QED) is 0.521. The normalized spacial score (nSPS) is 13.4. The van der Waals surface area contributed by atoms with Gasteiger partial charge in [0.25, 0.3) is 15.9 Å². The highest BCUT2D eigenvalue weighted by Crippen LogP contribution is 2.34. The summed E-state index contributed by atoms with van der Waals surface area (Å²) in [5.41, 5.74) is 2.64. The fraction of sp³-hybridized carbons (Fsp3) is 0.269. The fourth-order valence-electron chi connectivity index (χ4n) is 3.93.